The lowest BCUT2D eigenvalue weighted by molar-refractivity contribution is 0.0984. The van der Waals surface area contributed by atoms with E-state index < -0.39 is 15.3 Å². The second kappa shape index (κ2) is 4.82. The summed E-state index contributed by atoms with van der Waals surface area (Å²) in [4.78, 5) is 0. The Hall–Kier alpha value is -1.60. The number of aromatic nitrogens is 2. The lowest BCUT2D eigenvalue weighted by atomic mass is 10.2. The van der Waals surface area contributed by atoms with E-state index in [9.17, 15) is 8.42 Å². The Morgan fingerprint density at radius 3 is 2.79 bits per heavy atom. The largest absolute Gasteiger partial charge is 0.381 e. The zero-order valence-corrected chi connectivity index (χ0v) is 11.1. The second-order valence-electron chi connectivity index (χ2n) is 4.58. The molecule has 0 spiro atoms. The van der Waals surface area contributed by atoms with Crippen LogP contribution in [-0.4, -0.2) is 37.1 Å². The van der Waals surface area contributed by atoms with Crippen molar-refractivity contribution in [1.29, 1.82) is 0 Å². The van der Waals surface area contributed by atoms with Crippen molar-refractivity contribution in [2.45, 2.75) is 18.1 Å². The third-order valence-corrected chi connectivity index (χ3v) is 5.14. The average molecular weight is 281 g/mol. The highest BCUT2D eigenvalue weighted by Crippen LogP contribution is 2.23. The number of fused-ring (bicyclic) bond motifs is 1. The van der Waals surface area contributed by atoms with E-state index in [1.54, 1.807) is 0 Å². The van der Waals surface area contributed by atoms with E-state index in [4.69, 9.17) is 4.74 Å². The van der Waals surface area contributed by atoms with Crippen LogP contribution in [-0.2, 0) is 14.8 Å². The zero-order chi connectivity index (χ0) is 13.3. The van der Waals surface area contributed by atoms with Crippen LogP contribution < -0.4 is 4.72 Å². The molecule has 7 heteroatoms. The lowest BCUT2D eigenvalue weighted by Crippen LogP contribution is -2.33. The van der Waals surface area contributed by atoms with E-state index in [0.717, 1.165) is 10.9 Å². The number of benzene rings is 1. The standard InChI is InChI=1S/C12H15N3O3S/c16-19(17,9-5-7-18-8-6-9)15-12-10-3-1-2-4-11(10)13-14-12/h1-4,9H,5-8H2,(H2,13,14,15). The van der Waals surface area contributed by atoms with E-state index >= 15 is 0 Å². The number of sulfonamides is 1. The summed E-state index contributed by atoms with van der Waals surface area (Å²) in [7, 11) is -3.41. The van der Waals surface area contributed by atoms with Gasteiger partial charge in [-0.15, -0.1) is 0 Å². The summed E-state index contributed by atoms with van der Waals surface area (Å²) >= 11 is 0. The molecule has 1 fully saturated rings. The van der Waals surface area contributed by atoms with Crippen LogP contribution in [0, 0.1) is 0 Å². The summed E-state index contributed by atoms with van der Waals surface area (Å²) in [5.41, 5.74) is 0.812. The molecular weight excluding hydrogens is 266 g/mol. The zero-order valence-electron chi connectivity index (χ0n) is 10.3. The molecule has 1 aromatic carbocycles. The molecule has 2 N–H and O–H groups in total. The van der Waals surface area contributed by atoms with Gasteiger partial charge >= 0.3 is 0 Å². The maximum absolute atomic E-state index is 12.3. The predicted octanol–water partition coefficient (Wildman–Crippen LogP) is 1.48. The van der Waals surface area contributed by atoms with Crippen LogP contribution in [0.25, 0.3) is 10.9 Å². The molecule has 1 saturated heterocycles. The van der Waals surface area contributed by atoms with Crippen molar-refractivity contribution in [2.24, 2.45) is 0 Å². The Balaban J connectivity index is 1.87. The molecule has 0 unspecified atom stereocenters. The van der Waals surface area contributed by atoms with Gasteiger partial charge in [-0.2, -0.15) is 5.10 Å². The minimum atomic E-state index is -3.41. The number of nitrogens with zero attached hydrogens (tertiary/aromatic N) is 1. The van der Waals surface area contributed by atoms with Gasteiger partial charge in [0.05, 0.1) is 10.8 Å². The number of ether oxygens (including phenoxy) is 1. The SMILES string of the molecule is O=S(=O)(Nc1n[nH]c2ccccc12)C1CCOCC1. The van der Waals surface area contributed by atoms with Crippen LogP contribution in [0.3, 0.4) is 0 Å². The minimum Gasteiger partial charge on any atom is -0.381 e. The summed E-state index contributed by atoms with van der Waals surface area (Å²) in [6.45, 7) is 0.986. The van der Waals surface area contributed by atoms with Gasteiger partial charge in [-0.25, -0.2) is 8.42 Å². The van der Waals surface area contributed by atoms with Crippen molar-refractivity contribution in [3.05, 3.63) is 24.3 Å². The monoisotopic (exact) mass is 281 g/mol. The molecule has 2 heterocycles. The van der Waals surface area contributed by atoms with Gasteiger partial charge in [0.2, 0.25) is 10.0 Å². The predicted molar refractivity (Wildman–Crippen MR) is 72.5 cm³/mol. The highest BCUT2D eigenvalue weighted by atomic mass is 32.2. The average Bonchev–Trinajstić information content (AvgIpc) is 2.83. The van der Waals surface area contributed by atoms with Gasteiger partial charge in [-0.1, -0.05) is 12.1 Å². The van der Waals surface area contributed by atoms with Gasteiger partial charge in [0.25, 0.3) is 0 Å². The van der Waals surface area contributed by atoms with Crippen molar-refractivity contribution in [3.8, 4) is 0 Å². The molecule has 0 aliphatic carbocycles. The molecule has 3 rings (SSSR count). The Kier molecular flexibility index (Phi) is 3.16. The molecule has 1 aliphatic rings. The molecule has 6 nitrogen and oxygen atoms in total. The van der Waals surface area contributed by atoms with E-state index in [-0.39, 0.29) is 0 Å². The number of aromatic amines is 1. The number of anilines is 1. The third-order valence-electron chi connectivity index (χ3n) is 3.32. The maximum Gasteiger partial charge on any atom is 0.237 e. The summed E-state index contributed by atoms with van der Waals surface area (Å²) < 4.78 is 32.3. The molecule has 0 atom stereocenters. The molecule has 1 aliphatic heterocycles. The first-order valence-corrected chi connectivity index (χ1v) is 7.74. The van der Waals surface area contributed by atoms with Gasteiger partial charge in [-0.05, 0) is 25.0 Å². The minimum absolute atomic E-state index is 0.363. The summed E-state index contributed by atoms with van der Waals surface area (Å²) in [6.07, 6.45) is 1.05. The third kappa shape index (κ3) is 2.43. The normalized spacial score (nSPS) is 17.7. The first-order valence-electron chi connectivity index (χ1n) is 6.19. The number of H-pyrrole nitrogens is 1. The molecule has 1 aromatic heterocycles. The Morgan fingerprint density at radius 2 is 2.00 bits per heavy atom. The van der Waals surface area contributed by atoms with Crippen LogP contribution in [0.2, 0.25) is 0 Å². The van der Waals surface area contributed by atoms with Crippen LogP contribution in [0.15, 0.2) is 24.3 Å². The maximum atomic E-state index is 12.3. The van der Waals surface area contributed by atoms with Gasteiger partial charge in [0.15, 0.2) is 5.82 Å². The molecule has 2 aromatic rings. The Labute approximate surface area is 111 Å². The summed E-state index contributed by atoms with van der Waals surface area (Å²) in [5.74, 6) is 0.363. The lowest BCUT2D eigenvalue weighted by Gasteiger charge is -2.22. The van der Waals surface area contributed by atoms with Gasteiger partial charge in [0, 0.05) is 18.6 Å². The topological polar surface area (TPSA) is 84.1 Å². The fraction of sp³-hybridized carbons (Fsp3) is 0.417. The molecule has 0 amide bonds. The fourth-order valence-corrected chi connectivity index (χ4v) is 3.65. The number of nitrogens with one attached hydrogen (secondary N) is 2. The van der Waals surface area contributed by atoms with Crippen molar-refractivity contribution >= 4 is 26.7 Å². The quantitative estimate of drug-likeness (QED) is 0.892. The first-order chi connectivity index (χ1) is 9.17. The highest BCUT2D eigenvalue weighted by molar-refractivity contribution is 7.93. The number of rotatable bonds is 3. The fourth-order valence-electron chi connectivity index (χ4n) is 2.25. The van der Waals surface area contributed by atoms with Crippen molar-refractivity contribution in [1.82, 2.24) is 10.2 Å². The Morgan fingerprint density at radius 1 is 1.26 bits per heavy atom. The molecule has 19 heavy (non-hydrogen) atoms. The van der Waals surface area contributed by atoms with E-state index in [2.05, 4.69) is 14.9 Å². The van der Waals surface area contributed by atoms with E-state index in [1.807, 2.05) is 24.3 Å². The van der Waals surface area contributed by atoms with Crippen molar-refractivity contribution in [2.75, 3.05) is 17.9 Å². The van der Waals surface area contributed by atoms with E-state index in [1.165, 1.54) is 0 Å². The molecule has 102 valence electrons. The second-order valence-corrected chi connectivity index (χ2v) is 6.54. The number of hydrogen-bond acceptors (Lipinski definition) is 4. The smallest absolute Gasteiger partial charge is 0.237 e. The number of para-hydroxylation sites is 1. The molecule has 0 radical (unpaired) electrons. The van der Waals surface area contributed by atoms with Crippen LogP contribution in [0.4, 0.5) is 5.82 Å². The summed E-state index contributed by atoms with van der Waals surface area (Å²) in [5, 5.41) is 7.21. The highest BCUT2D eigenvalue weighted by Gasteiger charge is 2.28. The first kappa shape index (κ1) is 12.4. The van der Waals surface area contributed by atoms with Crippen LogP contribution in [0.1, 0.15) is 12.8 Å². The van der Waals surface area contributed by atoms with Gasteiger partial charge in [-0.3, -0.25) is 9.82 Å². The van der Waals surface area contributed by atoms with Crippen LogP contribution in [0.5, 0.6) is 0 Å². The van der Waals surface area contributed by atoms with E-state index in [0.29, 0.717) is 31.9 Å². The van der Waals surface area contributed by atoms with Crippen molar-refractivity contribution in [3.63, 3.8) is 0 Å². The van der Waals surface area contributed by atoms with Crippen LogP contribution >= 0.6 is 0 Å². The van der Waals surface area contributed by atoms with Crippen molar-refractivity contribution < 1.29 is 13.2 Å². The number of hydrogen-bond donors (Lipinski definition) is 2. The van der Waals surface area contributed by atoms with Gasteiger partial charge in [0.1, 0.15) is 0 Å². The van der Waals surface area contributed by atoms with Gasteiger partial charge < -0.3 is 4.74 Å². The molecule has 0 bridgehead atoms. The Bertz CT molecular complexity index is 674. The molecule has 0 saturated carbocycles. The summed E-state index contributed by atoms with van der Waals surface area (Å²) in [6, 6.07) is 7.41. The molecular formula is C12H15N3O3S.